The van der Waals surface area contributed by atoms with Crippen molar-refractivity contribution in [2.75, 3.05) is 6.54 Å². The molecule has 0 radical (unpaired) electrons. The first-order valence-electron chi connectivity index (χ1n) is 8.68. The first-order chi connectivity index (χ1) is 13.6. The molecule has 4 rings (SSSR count). The Balaban J connectivity index is 1.75. The summed E-state index contributed by atoms with van der Waals surface area (Å²) < 4.78 is 0. The van der Waals surface area contributed by atoms with Gasteiger partial charge in [0, 0.05) is 28.1 Å². The molecule has 0 saturated carbocycles. The fourth-order valence-corrected chi connectivity index (χ4v) is 3.51. The van der Waals surface area contributed by atoms with Crippen molar-refractivity contribution < 1.29 is 5.11 Å². The van der Waals surface area contributed by atoms with Gasteiger partial charge in [0.05, 0.1) is 6.54 Å². The standard InChI is InChI=1S/C21H17ClN4O2/c22-17-7-5-16(6-8-17)21(27,13-25-26-28)15-3-1-14(2-4-15)18-9-11-23-20-19(18)10-12-24-20/h1-12,27H,13H2,(H,23,24)(H,25,28). The SMILES string of the molecule is O=NNCC(O)(c1ccc(Cl)cc1)c1ccc(-c2ccnc3[nH]ccc23)cc1. The highest BCUT2D eigenvalue weighted by atomic mass is 35.5. The molecule has 0 aliphatic rings. The van der Waals surface area contributed by atoms with Gasteiger partial charge < -0.3 is 10.1 Å². The van der Waals surface area contributed by atoms with Crippen LogP contribution in [-0.2, 0) is 5.60 Å². The molecule has 1 unspecified atom stereocenters. The number of nitrogens with one attached hydrogen (secondary N) is 2. The zero-order chi connectivity index (χ0) is 19.6. The minimum atomic E-state index is -1.43. The molecule has 0 saturated heterocycles. The van der Waals surface area contributed by atoms with Gasteiger partial charge in [0.1, 0.15) is 11.2 Å². The van der Waals surface area contributed by atoms with Crippen LogP contribution < -0.4 is 5.43 Å². The van der Waals surface area contributed by atoms with Crippen LogP contribution in [0.5, 0.6) is 0 Å². The third kappa shape index (κ3) is 3.24. The van der Waals surface area contributed by atoms with Gasteiger partial charge >= 0.3 is 0 Å². The number of nitroso groups, excluding NO2 is 1. The minimum absolute atomic E-state index is 0.0607. The molecule has 0 fully saturated rings. The van der Waals surface area contributed by atoms with E-state index < -0.39 is 5.60 Å². The zero-order valence-corrected chi connectivity index (χ0v) is 15.5. The van der Waals surface area contributed by atoms with Gasteiger partial charge in [-0.15, -0.1) is 4.91 Å². The van der Waals surface area contributed by atoms with Crippen molar-refractivity contribution in [1.82, 2.24) is 15.4 Å². The molecule has 0 bridgehead atoms. The number of aromatic amines is 1. The highest BCUT2D eigenvalue weighted by Gasteiger charge is 2.31. The molecule has 2 heterocycles. The number of pyridine rings is 1. The first kappa shape index (κ1) is 18.2. The van der Waals surface area contributed by atoms with Crippen molar-refractivity contribution in [3.05, 3.63) is 94.1 Å². The third-order valence-electron chi connectivity index (χ3n) is 4.85. The van der Waals surface area contributed by atoms with Crippen LogP contribution in [-0.4, -0.2) is 21.6 Å². The zero-order valence-electron chi connectivity index (χ0n) is 14.8. The number of benzene rings is 2. The summed E-state index contributed by atoms with van der Waals surface area (Å²) in [6.07, 6.45) is 3.61. The Morgan fingerprint density at radius 1 is 1.04 bits per heavy atom. The largest absolute Gasteiger partial charge is 0.378 e. The van der Waals surface area contributed by atoms with E-state index in [4.69, 9.17) is 11.6 Å². The van der Waals surface area contributed by atoms with Gasteiger partial charge in [0.15, 0.2) is 0 Å². The molecule has 7 heteroatoms. The van der Waals surface area contributed by atoms with Gasteiger partial charge in [-0.3, -0.25) is 5.43 Å². The number of nitrogens with zero attached hydrogens (tertiary/aromatic N) is 2. The molecule has 0 aliphatic heterocycles. The van der Waals surface area contributed by atoms with Crippen molar-refractivity contribution in [3.63, 3.8) is 0 Å². The average Bonchev–Trinajstić information content (AvgIpc) is 3.21. The molecule has 2 aromatic carbocycles. The lowest BCUT2D eigenvalue weighted by Gasteiger charge is -2.28. The maximum atomic E-state index is 11.4. The van der Waals surface area contributed by atoms with Gasteiger partial charge in [-0.2, -0.15) is 0 Å². The van der Waals surface area contributed by atoms with Crippen LogP contribution in [0.1, 0.15) is 11.1 Å². The Labute approximate surface area is 166 Å². The fourth-order valence-electron chi connectivity index (χ4n) is 3.38. The Kier molecular flexibility index (Phi) is 4.81. The molecule has 0 aliphatic carbocycles. The molecule has 0 spiro atoms. The van der Waals surface area contributed by atoms with Crippen molar-refractivity contribution >= 4 is 22.6 Å². The Bertz CT molecular complexity index is 1110. The fraction of sp³-hybridized carbons (Fsp3) is 0.0952. The summed E-state index contributed by atoms with van der Waals surface area (Å²) in [6.45, 7) is -0.0607. The van der Waals surface area contributed by atoms with Crippen LogP contribution in [0.15, 0.2) is 78.3 Å². The molecule has 2 aromatic heterocycles. The lowest BCUT2D eigenvalue weighted by molar-refractivity contribution is 0.0803. The van der Waals surface area contributed by atoms with Gasteiger partial charge in [0.25, 0.3) is 0 Å². The van der Waals surface area contributed by atoms with Crippen LogP contribution in [0.3, 0.4) is 0 Å². The van der Waals surface area contributed by atoms with E-state index in [1.165, 1.54) is 0 Å². The van der Waals surface area contributed by atoms with E-state index in [0.717, 1.165) is 22.2 Å². The summed E-state index contributed by atoms with van der Waals surface area (Å²) in [4.78, 5) is 18.0. The van der Waals surface area contributed by atoms with E-state index in [9.17, 15) is 10.0 Å². The Morgan fingerprint density at radius 3 is 2.39 bits per heavy atom. The van der Waals surface area contributed by atoms with Crippen molar-refractivity contribution in [1.29, 1.82) is 0 Å². The van der Waals surface area contributed by atoms with E-state index >= 15 is 0 Å². The Morgan fingerprint density at radius 2 is 1.71 bits per heavy atom. The van der Waals surface area contributed by atoms with Gasteiger partial charge in [-0.25, -0.2) is 4.98 Å². The van der Waals surface area contributed by atoms with E-state index in [-0.39, 0.29) is 6.54 Å². The maximum Gasteiger partial charge on any atom is 0.137 e. The van der Waals surface area contributed by atoms with Gasteiger partial charge in [-0.1, -0.05) is 48.0 Å². The number of halogens is 1. The first-order valence-corrected chi connectivity index (χ1v) is 9.06. The number of H-pyrrole nitrogens is 1. The highest BCUT2D eigenvalue weighted by Crippen LogP contribution is 2.33. The highest BCUT2D eigenvalue weighted by molar-refractivity contribution is 6.30. The lowest BCUT2D eigenvalue weighted by atomic mass is 9.85. The van der Waals surface area contributed by atoms with Crippen molar-refractivity contribution in [2.45, 2.75) is 5.60 Å². The normalized spacial score (nSPS) is 13.2. The van der Waals surface area contributed by atoms with Gasteiger partial charge in [-0.05, 0) is 46.5 Å². The van der Waals surface area contributed by atoms with E-state index in [1.807, 2.05) is 42.6 Å². The molecule has 140 valence electrons. The second-order valence-corrected chi connectivity index (χ2v) is 6.91. The van der Waals surface area contributed by atoms with Crippen molar-refractivity contribution in [2.24, 2.45) is 5.29 Å². The third-order valence-corrected chi connectivity index (χ3v) is 5.11. The van der Waals surface area contributed by atoms with E-state index in [1.54, 1.807) is 30.5 Å². The number of aliphatic hydroxyl groups is 1. The predicted octanol–water partition coefficient (Wildman–Crippen LogP) is 4.39. The number of hydrogen-bond acceptors (Lipinski definition) is 4. The molecule has 1 atom stereocenters. The summed E-state index contributed by atoms with van der Waals surface area (Å²) in [5, 5.41) is 15.6. The number of rotatable bonds is 6. The summed E-state index contributed by atoms with van der Waals surface area (Å²) in [5.74, 6) is 0. The van der Waals surface area contributed by atoms with Crippen molar-refractivity contribution in [3.8, 4) is 11.1 Å². The quantitative estimate of drug-likeness (QED) is 0.335. The second-order valence-electron chi connectivity index (χ2n) is 6.47. The van der Waals surface area contributed by atoms with Crippen LogP contribution in [0, 0.1) is 4.91 Å². The molecule has 4 aromatic rings. The number of aromatic nitrogens is 2. The molecule has 3 N–H and O–H groups in total. The van der Waals surface area contributed by atoms with Crippen LogP contribution in [0.25, 0.3) is 22.2 Å². The summed E-state index contributed by atoms with van der Waals surface area (Å²) in [6, 6.07) is 18.4. The summed E-state index contributed by atoms with van der Waals surface area (Å²) in [5.41, 5.74) is 5.01. The predicted molar refractivity (Wildman–Crippen MR) is 110 cm³/mol. The molecular formula is C21H17ClN4O2. The van der Waals surface area contributed by atoms with Gasteiger partial charge in [0.2, 0.25) is 0 Å². The van der Waals surface area contributed by atoms with Crippen LogP contribution >= 0.6 is 11.6 Å². The second kappa shape index (κ2) is 7.42. The monoisotopic (exact) mass is 392 g/mol. The van der Waals surface area contributed by atoms with E-state index in [2.05, 4.69) is 20.7 Å². The maximum absolute atomic E-state index is 11.4. The number of fused-ring (bicyclic) bond motifs is 1. The summed E-state index contributed by atoms with van der Waals surface area (Å²) >= 11 is 5.97. The van der Waals surface area contributed by atoms with E-state index in [0.29, 0.717) is 16.1 Å². The lowest BCUT2D eigenvalue weighted by Crippen LogP contribution is -2.37. The van der Waals surface area contributed by atoms with Crippen LogP contribution in [0.4, 0.5) is 0 Å². The smallest absolute Gasteiger partial charge is 0.137 e. The molecule has 28 heavy (non-hydrogen) atoms. The molecular weight excluding hydrogens is 376 g/mol. The Hall–Kier alpha value is -3.22. The summed E-state index contributed by atoms with van der Waals surface area (Å²) in [7, 11) is 0. The average molecular weight is 393 g/mol. The molecule has 0 amide bonds. The van der Waals surface area contributed by atoms with Crippen LogP contribution in [0.2, 0.25) is 5.02 Å². The molecule has 6 nitrogen and oxygen atoms in total. The number of hydrogen-bond donors (Lipinski definition) is 3. The topological polar surface area (TPSA) is 90.4 Å². The minimum Gasteiger partial charge on any atom is -0.378 e.